The SMILES string of the molecule is CON(C)C(=S)c1cn[nH]n1. The first-order valence-corrected chi connectivity index (χ1v) is 3.34. The van der Waals surface area contributed by atoms with Crippen molar-refractivity contribution < 1.29 is 4.84 Å². The van der Waals surface area contributed by atoms with Crippen LogP contribution in [0.25, 0.3) is 0 Å². The standard InChI is InChI=1S/C5H8N4OS/c1-9(10-2)5(11)4-3-6-8-7-4/h3H,1-2H3,(H,6,7,8). The van der Waals surface area contributed by atoms with Gasteiger partial charge in [0.1, 0.15) is 5.69 Å². The Balaban J connectivity index is 2.70. The predicted octanol–water partition coefficient (Wildman–Crippen LogP) is -0.0266. The minimum Gasteiger partial charge on any atom is -0.276 e. The van der Waals surface area contributed by atoms with Gasteiger partial charge in [0.05, 0.1) is 13.3 Å². The Bertz CT molecular complexity index is 235. The zero-order valence-electron chi connectivity index (χ0n) is 6.24. The first-order chi connectivity index (χ1) is 5.25. The lowest BCUT2D eigenvalue weighted by atomic mass is 10.5. The predicted molar refractivity (Wildman–Crippen MR) is 42.9 cm³/mol. The van der Waals surface area contributed by atoms with Gasteiger partial charge in [-0.25, -0.2) is 5.06 Å². The van der Waals surface area contributed by atoms with Crippen molar-refractivity contribution >= 4 is 17.2 Å². The Morgan fingerprint density at radius 1 is 1.82 bits per heavy atom. The summed E-state index contributed by atoms with van der Waals surface area (Å²) >= 11 is 4.97. The maximum Gasteiger partial charge on any atom is 0.155 e. The van der Waals surface area contributed by atoms with E-state index >= 15 is 0 Å². The molecule has 0 saturated heterocycles. The second kappa shape index (κ2) is 3.40. The number of thiocarbonyl (C=S) groups is 1. The van der Waals surface area contributed by atoms with Crippen molar-refractivity contribution in [1.29, 1.82) is 0 Å². The Kier molecular flexibility index (Phi) is 2.50. The van der Waals surface area contributed by atoms with E-state index < -0.39 is 0 Å². The van der Waals surface area contributed by atoms with E-state index in [0.29, 0.717) is 10.7 Å². The molecule has 0 aromatic carbocycles. The molecule has 0 aliphatic heterocycles. The number of hydrogen-bond acceptors (Lipinski definition) is 4. The highest BCUT2D eigenvalue weighted by molar-refractivity contribution is 7.80. The summed E-state index contributed by atoms with van der Waals surface area (Å²) in [5, 5.41) is 11.3. The number of rotatable bonds is 2. The fourth-order valence-electron chi connectivity index (χ4n) is 0.549. The molecular weight excluding hydrogens is 164 g/mol. The lowest BCUT2D eigenvalue weighted by Gasteiger charge is -2.13. The van der Waals surface area contributed by atoms with E-state index in [1.54, 1.807) is 7.05 Å². The fourth-order valence-corrected chi connectivity index (χ4v) is 0.722. The molecule has 0 unspecified atom stereocenters. The Labute approximate surface area is 69.3 Å². The van der Waals surface area contributed by atoms with Crippen molar-refractivity contribution in [2.75, 3.05) is 14.2 Å². The summed E-state index contributed by atoms with van der Waals surface area (Å²) in [6.45, 7) is 0. The third-order valence-electron chi connectivity index (χ3n) is 1.19. The summed E-state index contributed by atoms with van der Waals surface area (Å²) in [6, 6.07) is 0. The maximum atomic E-state index is 4.97. The van der Waals surface area contributed by atoms with Crippen LogP contribution in [0.5, 0.6) is 0 Å². The lowest BCUT2D eigenvalue weighted by Crippen LogP contribution is -2.24. The molecule has 0 spiro atoms. The largest absolute Gasteiger partial charge is 0.276 e. The third-order valence-corrected chi connectivity index (χ3v) is 1.66. The molecule has 6 heteroatoms. The monoisotopic (exact) mass is 172 g/mol. The first kappa shape index (κ1) is 8.09. The molecule has 0 aliphatic rings. The minimum atomic E-state index is 0.501. The Morgan fingerprint density at radius 2 is 2.55 bits per heavy atom. The summed E-state index contributed by atoms with van der Waals surface area (Å²) in [4.78, 5) is 5.35. The van der Waals surface area contributed by atoms with Crippen LogP contribution in [-0.4, -0.2) is 39.6 Å². The van der Waals surface area contributed by atoms with Gasteiger partial charge in [0.25, 0.3) is 0 Å². The second-order valence-electron chi connectivity index (χ2n) is 1.84. The summed E-state index contributed by atoms with van der Waals surface area (Å²) < 4.78 is 0. The molecule has 1 N–H and O–H groups in total. The maximum absolute atomic E-state index is 4.97. The molecule has 0 radical (unpaired) electrons. The van der Waals surface area contributed by atoms with Crippen LogP contribution in [0, 0.1) is 0 Å². The smallest absolute Gasteiger partial charge is 0.155 e. The van der Waals surface area contributed by atoms with E-state index in [2.05, 4.69) is 15.4 Å². The van der Waals surface area contributed by atoms with Crippen molar-refractivity contribution in [2.45, 2.75) is 0 Å². The van der Waals surface area contributed by atoms with E-state index in [9.17, 15) is 0 Å². The van der Waals surface area contributed by atoms with Crippen LogP contribution in [0.1, 0.15) is 5.69 Å². The van der Waals surface area contributed by atoms with Gasteiger partial charge in [-0.15, -0.1) is 0 Å². The van der Waals surface area contributed by atoms with Gasteiger partial charge < -0.3 is 0 Å². The number of nitrogens with one attached hydrogen (secondary N) is 1. The van der Waals surface area contributed by atoms with E-state index in [0.717, 1.165) is 0 Å². The number of nitrogens with zero attached hydrogens (tertiary/aromatic N) is 3. The molecule has 0 saturated carbocycles. The molecule has 0 amide bonds. The molecule has 0 bridgehead atoms. The third kappa shape index (κ3) is 1.72. The first-order valence-electron chi connectivity index (χ1n) is 2.93. The minimum absolute atomic E-state index is 0.501. The van der Waals surface area contributed by atoms with Crippen LogP contribution < -0.4 is 0 Å². The zero-order chi connectivity index (χ0) is 8.27. The molecular formula is C5H8N4OS. The number of hydroxylamine groups is 2. The van der Waals surface area contributed by atoms with Gasteiger partial charge in [-0.3, -0.25) is 4.84 Å². The van der Waals surface area contributed by atoms with Gasteiger partial charge >= 0.3 is 0 Å². The van der Waals surface area contributed by atoms with Gasteiger partial charge in [0.2, 0.25) is 0 Å². The van der Waals surface area contributed by atoms with E-state index in [4.69, 9.17) is 17.1 Å². The molecule has 0 fully saturated rings. The molecule has 60 valence electrons. The Morgan fingerprint density at radius 3 is 3.00 bits per heavy atom. The fraction of sp³-hybridized carbons (Fsp3) is 0.400. The van der Waals surface area contributed by atoms with E-state index in [1.807, 2.05) is 0 Å². The van der Waals surface area contributed by atoms with Gasteiger partial charge in [-0.05, 0) is 0 Å². The highest BCUT2D eigenvalue weighted by Crippen LogP contribution is 1.97. The van der Waals surface area contributed by atoms with Gasteiger partial charge in [0, 0.05) is 7.05 Å². The highest BCUT2D eigenvalue weighted by atomic mass is 32.1. The summed E-state index contributed by atoms with van der Waals surface area (Å²) in [7, 11) is 3.24. The summed E-state index contributed by atoms with van der Waals surface area (Å²) in [5.41, 5.74) is 0.601. The van der Waals surface area contributed by atoms with Gasteiger partial charge in [-0.1, -0.05) is 12.2 Å². The molecule has 0 aliphatic carbocycles. The molecule has 1 aromatic rings. The second-order valence-corrected chi connectivity index (χ2v) is 2.23. The molecule has 5 nitrogen and oxygen atoms in total. The van der Waals surface area contributed by atoms with Crippen molar-refractivity contribution in [3.05, 3.63) is 11.9 Å². The average molecular weight is 172 g/mol. The van der Waals surface area contributed by atoms with E-state index in [1.165, 1.54) is 18.4 Å². The van der Waals surface area contributed by atoms with E-state index in [-0.39, 0.29) is 0 Å². The molecule has 1 rings (SSSR count). The number of aromatic nitrogens is 3. The van der Waals surface area contributed by atoms with Crippen molar-refractivity contribution in [3.63, 3.8) is 0 Å². The quantitative estimate of drug-likeness (QED) is 0.501. The normalized spacial score (nSPS) is 9.64. The summed E-state index contributed by atoms with van der Waals surface area (Å²) in [6.07, 6.45) is 1.54. The van der Waals surface area contributed by atoms with Crippen molar-refractivity contribution in [1.82, 2.24) is 20.5 Å². The van der Waals surface area contributed by atoms with Crippen LogP contribution >= 0.6 is 12.2 Å². The van der Waals surface area contributed by atoms with Crippen molar-refractivity contribution in [3.8, 4) is 0 Å². The number of aromatic amines is 1. The average Bonchev–Trinajstić information content (AvgIpc) is 2.53. The van der Waals surface area contributed by atoms with Crippen LogP contribution in [-0.2, 0) is 4.84 Å². The summed E-state index contributed by atoms with van der Waals surface area (Å²) in [5.74, 6) is 0. The topological polar surface area (TPSA) is 54.0 Å². The highest BCUT2D eigenvalue weighted by Gasteiger charge is 2.08. The van der Waals surface area contributed by atoms with Crippen molar-refractivity contribution in [2.24, 2.45) is 0 Å². The molecule has 11 heavy (non-hydrogen) atoms. The Hall–Kier alpha value is -1.01. The van der Waals surface area contributed by atoms with Crippen LogP contribution in [0.3, 0.4) is 0 Å². The lowest BCUT2D eigenvalue weighted by molar-refractivity contribution is -0.0387. The van der Waals surface area contributed by atoms with Crippen LogP contribution in [0.4, 0.5) is 0 Å². The number of hydrogen-bond donors (Lipinski definition) is 1. The number of H-pyrrole nitrogens is 1. The van der Waals surface area contributed by atoms with Crippen LogP contribution in [0.2, 0.25) is 0 Å². The molecule has 0 atom stereocenters. The van der Waals surface area contributed by atoms with Gasteiger partial charge in [0.15, 0.2) is 4.99 Å². The van der Waals surface area contributed by atoms with Gasteiger partial charge in [-0.2, -0.15) is 15.4 Å². The molecule has 1 heterocycles. The zero-order valence-corrected chi connectivity index (χ0v) is 7.05. The van der Waals surface area contributed by atoms with Crippen LogP contribution in [0.15, 0.2) is 6.20 Å². The molecule has 1 aromatic heterocycles.